The first-order chi connectivity index (χ1) is 9.95. The number of pyridine rings is 1. The van der Waals surface area contributed by atoms with E-state index in [1.54, 1.807) is 6.07 Å². The third-order valence-corrected chi connectivity index (χ3v) is 2.72. The summed E-state index contributed by atoms with van der Waals surface area (Å²) in [6, 6.07) is 6.80. The van der Waals surface area contributed by atoms with Gasteiger partial charge >= 0.3 is 0 Å². The van der Waals surface area contributed by atoms with Crippen LogP contribution in [0.2, 0.25) is 5.02 Å². The fourth-order valence-electron chi connectivity index (χ4n) is 1.61. The van der Waals surface area contributed by atoms with Crippen LogP contribution >= 0.6 is 11.6 Å². The average Bonchev–Trinajstić information content (AvgIpc) is 2.42. The molecule has 7 heteroatoms. The number of anilines is 2. The molecule has 1 aromatic heterocycles. The molecule has 2 N–H and O–H groups in total. The molecule has 0 spiro atoms. The van der Waals surface area contributed by atoms with Crippen molar-refractivity contribution in [2.75, 3.05) is 10.6 Å². The third-order valence-electron chi connectivity index (χ3n) is 2.49. The number of hydrogen-bond donors (Lipinski definition) is 2. The Morgan fingerprint density at radius 1 is 1.19 bits per heavy atom. The summed E-state index contributed by atoms with van der Waals surface area (Å²) in [5, 5.41) is 5.26. The Morgan fingerprint density at radius 2 is 1.95 bits per heavy atom. The molecule has 0 saturated carbocycles. The normalized spacial score (nSPS) is 10.0. The number of halogens is 2. The summed E-state index contributed by atoms with van der Waals surface area (Å²) < 4.78 is 13.5. The molecule has 0 saturated heterocycles. The zero-order chi connectivity index (χ0) is 15.4. The largest absolute Gasteiger partial charge is 0.324 e. The average molecular weight is 308 g/mol. The van der Waals surface area contributed by atoms with Gasteiger partial charge in [-0.3, -0.25) is 14.6 Å². The summed E-state index contributed by atoms with van der Waals surface area (Å²) in [7, 11) is 0. The molecule has 2 rings (SSSR count). The highest BCUT2D eigenvalue weighted by molar-refractivity contribution is 6.30. The topological polar surface area (TPSA) is 71.1 Å². The van der Waals surface area contributed by atoms with Crippen molar-refractivity contribution in [1.29, 1.82) is 0 Å². The first-order valence-electron chi connectivity index (χ1n) is 5.96. The second kappa shape index (κ2) is 6.32. The van der Waals surface area contributed by atoms with E-state index in [0.29, 0.717) is 10.7 Å². The van der Waals surface area contributed by atoms with Gasteiger partial charge in [0.1, 0.15) is 11.5 Å². The Balaban J connectivity index is 2.19. The van der Waals surface area contributed by atoms with Gasteiger partial charge in [0.25, 0.3) is 5.91 Å². The lowest BCUT2D eigenvalue weighted by Crippen LogP contribution is -2.14. The number of nitrogens with one attached hydrogen (secondary N) is 2. The maximum atomic E-state index is 13.5. The molecule has 0 unspecified atom stereocenters. The van der Waals surface area contributed by atoms with Crippen LogP contribution < -0.4 is 10.6 Å². The van der Waals surface area contributed by atoms with Crippen molar-refractivity contribution in [2.45, 2.75) is 6.92 Å². The minimum absolute atomic E-state index is 0.0145. The van der Waals surface area contributed by atoms with Crippen molar-refractivity contribution in [3.8, 4) is 0 Å². The number of carbonyl (C=O) groups excluding carboxylic acids is 2. The van der Waals surface area contributed by atoms with Crippen LogP contribution in [0.3, 0.4) is 0 Å². The van der Waals surface area contributed by atoms with Crippen LogP contribution in [0.5, 0.6) is 0 Å². The minimum atomic E-state index is -0.593. The van der Waals surface area contributed by atoms with E-state index in [1.165, 1.54) is 31.3 Å². The summed E-state index contributed by atoms with van der Waals surface area (Å²) in [5.74, 6) is -1.49. The molecule has 0 aliphatic heterocycles. The van der Waals surface area contributed by atoms with E-state index < -0.39 is 17.6 Å². The van der Waals surface area contributed by atoms with E-state index in [9.17, 15) is 14.0 Å². The lowest BCUT2D eigenvalue weighted by Gasteiger charge is -2.08. The highest BCUT2D eigenvalue weighted by Crippen LogP contribution is 2.20. The zero-order valence-electron chi connectivity index (χ0n) is 11.0. The molecule has 0 fully saturated rings. The van der Waals surface area contributed by atoms with E-state index in [2.05, 4.69) is 15.6 Å². The van der Waals surface area contributed by atoms with Gasteiger partial charge in [0.05, 0.1) is 5.69 Å². The molecule has 0 radical (unpaired) electrons. The molecule has 5 nitrogen and oxygen atoms in total. The molecule has 108 valence electrons. The van der Waals surface area contributed by atoms with E-state index >= 15 is 0 Å². The molecule has 1 heterocycles. The van der Waals surface area contributed by atoms with Gasteiger partial charge in [0.2, 0.25) is 5.91 Å². The smallest absolute Gasteiger partial charge is 0.274 e. The maximum absolute atomic E-state index is 13.5. The van der Waals surface area contributed by atoms with Crippen molar-refractivity contribution in [2.24, 2.45) is 0 Å². The van der Waals surface area contributed by atoms with Crippen molar-refractivity contribution >= 4 is 34.8 Å². The third kappa shape index (κ3) is 4.00. The number of hydrogen-bond acceptors (Lipinski definition) is 3. The first kappa shape index (κ1) is 14.9. The van der Waals surface area contributed by atoms with Crippen LogP contribution in [0, 0.1) is 5.82 Å². The van der Waals surface area contributed by atoms with E-state index in [-0.39, 0.29) is 11.4 Å². The summed E-state index contributed by atoms with van der Waals surface area (Å²) in [6.07, 6.45) is 1.41. The Hall–Kier alpha value is -2.47. The Morgan fingerprint density at radius 3 is 2.62 bits per heavy atom. The Bertz CT molecular complexity index is 706. The van der Waals surface area contributed by atoms with Crippen LogP contribution in [0.4, 0.5) is 15.8 Å². The molecule has 0 aliphatic carbocycles. The van der Waals surface area contributed by atoms with Crippen LogP contribution in [-0.4, -0.2) is 16.8 Å². The van der Waals surface area contributed by atoms with E-state index in [4.69, 9.17) is 11.6 Å². The maximum Gasteiger partial charge on any atom is 0.274 e. The predicted octanol–water partition coefficient (Wildman–Crippen LogP) is 3.08. The standard InChI is InChI=1S/C14H11ClFN3O2/c1-8(20)18-12-7-10(2-3-11(12)16)19-14(21)13-6-9(15)4-5-17-13/h2-7H,1H3,(H,18,20)(H,19,21). The molecule has 2 aromatic rings. The number of benzene rings is 1. The molecule has 21 heavy (non-hydrogen) atoms. The number of carbonyl (C=O) groups is 2. The lowest BCUT2D eigenvalue weighted by atomic mass is 10.2. The van der Waals surface area contributed by atoms with E-state index in [0.717, 1.165) is 6.07 Å². The summed E-state index contributed by atoms with van der Waals surface area (Å²) in [5.41, 5.74) is 0.444. The van der Waals surface area contributed by atoms with Crippen molar-refractivity contribution < 1.29 is 14.0 Å². The van der Waals surface area contributed by atoms with Gasteiger partial charge in [0.15, 0.2) is 0 Å². The molecular weight excluding hydrogens is 297 g/mol. The quantitative estimate of drug-likeness (QED) is 0.915. The van der Waals surface area contributed by atoms with Crippen LogP contribution in [0.25, 0.3) is 0 Å². The second-order valence-corrected chi connectivity index (χ2v) is 4.63. The minimum Gasteiger partial charge on any atom is -0.324 e. The summed E-state index contributed by atoms with van der Waals surface area (Å²) in [4.78, 5) is 26.8. The molecular formula is C14H11ClFN3O2. The van der Waals surface area contributed by atoms with Gasteiger partial charge in [-0.15, -0.1) is 0 Å². The van der Waals surface area contributed by atoms with Crippen LogP contribution in [-0.2, 0) is 4.79 Å². The highest BCUT2D eigenvalue weighted by atomic mass is 35.5. The number of amides is 2. The fraction of sp³-hybridized carbons (Fsp3) is 0.0714. The number of nitrogens with zero attached hydrogens (tertiary/aromatic N) is 1. The fourth-order valence-corrected chi connectivity index (χ4v) is 1.77. The van der Waals surface area contributed by atoms with Crippen molar-refractivity contribution in [3.05, 3.63) is 53.1 Å². The van der Waals surface area contributed by atoms with Gasteiger partial charge in [-0.25, -0.2) is 4.39 Å². The monoisotopic (exact) mass is 307 g/mol. The van der Waals surface area contributed by atoms with Gasteiger partial charge in [-0.1, -0.05) is 11.6 Å². The van der Waals surface area contributed by atoms with Crippen molar-refractivity contribution in [3.63, 3.8) is 0 Å². The van der Waals surface area contributed by atoms with Crippen molar-refractivity contribution in [1.82, 2.24) is 4.98 Å². The molecule has 0 bridgehead atoms. The zero-order valence-corrected chi connectivity index (χ0v) is 11.7. The van der Waals surface area contributed by atoms with Gasteiger partial charge in [-0.05, 0) is 30.3 Å². The molecule has 2 amide bonds. The first-order valence-corrected chi connectivity index (χ1v) is 6.33. The second-order valence-electron chi connectivity index (χ2n) is 4.19. The van der Waals surface area contributed by atoms with Crippen LogP contribution in [0.1, 0.15) is 17.4 Å². The molecule has 0 atom stereocenters. The predicted molar refractivity (Wildman–Crippen MR) is 77.9 cm³/mol. The molecule has 0 aliphatic rings. The Kier molecular flexibility index (Phi) is 4.49. The summed E-state index contributed by atoms with van der Waals surface area (Å²) >= 11 is 5.78. The van der Waals surface area contributed by atoms with E-state index in [1.807, 2.05) is 0 Å². The SMILES string of the molecule is CC(=O)Nc1cc(NC(=O)c2cc(Cl)ccn2)ccc1F. The number of rotatable bonds is 3. The lowest BCUT2D eigenvalue weighted by molar-refractivity contribution is -0.114. The Labute approximate surface area is 125 Å². The van der Waals surface area contributed by atoms with Gasteiger partial charge < -0.3 is 10.6 Å². The molecule has 1 aromatic carbocycles. The van der Waals surface area contributed by atoms with Crippen LogP contribution in [0.15, 0.2) is 36.5 Å². The highest BCUT2D eigenvalue weighted by Gasteiger charge is 2.10. The summed E-state index contributed by atoms with van der Waals surface area (Å²) in [6.45, 7) is 1.26. The van der Waals surface area contributed by atoms with Gasteiger partial charge in [-0.2, -0.15) is 0 Å². The van der Waals surface area contributed by atoms with Gasteiger partial charge in [0, 0.05) is 23.8 Å². The number of aromatic nitrogens is 1.